The number of nitrogens with one attached hydrogen (secondary N) is 2. The van der Waals surface area contributed by atoms with Crippen LogP contribution in [0.3, 0.4) is 0 Å². The third kappa shape index (κ3) is 4.08. The van der Waals surface area contributed by atoms with E-state index >= 15 is 0 Å². The maximum Gasteiger partial charge on any atom is 0.322 e. The summed E-state index contributed by atoms with van der Waals surface area (Å²) < 4.78 is 0. The second-order valence-electron chi connectivity index (χ2n) is 5.92. The quantitative estimate of drug-likeness (QED) is 0.686. The van der Waals surface area contributed by atoms with E-state index in [-0.39, 0.29) is 11.9 Å². The van der Waals surface area contributed by atoms with Gasteiger partial charge in [-0.1, -0.05) is 6.07 Å². The molecule has 0 unspecified atom stereocenters. The van der Waals surface area contributed by atoms with Crippen LogP contribution in [-0.4, -0.2) is 36.6 Å². The molecule has 1 fully saturated rings. The number of anilines is 2. The maximum atomic E-state index is 12.4. The van der Waals surface area contributed by atoms with E-state index in [0.717, 1.165) is 29.8 Å². The van der Waals surface area contributed by atoms with Crippen LogP contribution >= 0.6 is 11.3 Å². The molecule has 2 aromatic rings. The first-order chi connectivity index (χ1) is 12.0. The number of carbonyl (C=O) groups is 2. The summed E-state index contributed by atoms with van der Waals surface area (Å²) >= 11 is 1.42. The van der Waals surface area contributed by atoms with Gasteiger partial charge >= 0.3 is 6.03 Å². The molecule has 4 N–H and O–H groups in total. The van der Waals surface area contributed by atoms with Crippen molar-refractivity contribution in [1.82, 2.24) is 15.6 Å². The van der Waals surface area contributed by atoms with Crippen LogP contribution in [0.1, 0.15) is 28.0 Å². The van der Waals surface area contributed by atoms with E-state index in [2.05, 4.69) is 15.6 Å². The number of benzene rings is 1. The predicted octanol–water partition coefficient (Wildman–Crippen LogP) is 1.93. The van der Waals surface area contributed by atoms with E-state index in [9.17, 15) is 9.59 Å². The Bertz CT molecular complexity index is 789. The van der Waals surface area contributed by atoms with Crippen molar-refractivity contribution in [2.24, 2.45) is 0 Å². The molecule has 3 rings (SSSR count). The molecule has 1 saturated heterocycles. The fourth-order valence-corrected chi connectivity index (χ4v) is 3.35. The number of aryl methyl sites for hydroxylation is 2. The fourth-order valence-electron chi connectivity index (χ4n) is 2.75. The highest BCUT2D eigenvalue weighted by Gasteiger charge is 2.23. The van der Waals surface area contributed by atoms with Crippen LogP contribution in [0, 0.1) is 6.92 Å². The smallest absolute Gasteiger partial charge is 0.322 e. The van der Waals surface area contributed by atoms with Gasteiger partial charge < -0.3 is 16.4 Å². The average Bonchev–Trinajstić information content (AvgIpc) is 3.20. The van der Waals surface area contributed by atoms with Crippen molar-refractivity contribution < 1.29 is 9.59 Å². The zero-order valence-electron chi connectivity index (χ0n) is 14.0. The monoisotopic (exact) mass is 359 g/mol. The summed E-state index contributed by atoms with van der Waals surface area (Å²) in [7, 11) is 0. The Morgan fingerprint density at radius 3 is 3.00 bits per heavy atom. The average molecular weight is 359 g/mol. The second kappa shape index (κ2) is 7.52. The Hall–Kier alpha value is -2.61. The molecule has 0 saturated carbocycles. The lowest BCUT2D eigenvalue weighted by Crippen LogP contribution is -2.29. The van der Waals surface area contributed by atoms with Gasteiger partial charge in [-0.2, -0.15) is 0 Å². The summed E-state index contributed by atoms with van der Waals surface area (Å²) in [5, 5.41) is 8.19. The van der Waals surface area contributed by atoms with Crippen LogP contribution in [0.2, 0.25) is 0 Å². The SMILES string of the molecule is Cc1ccc(C(=O)NCCCc2csc(N)n2)cc1N1CCNC1=O. The van der Waals surface area contributed by atoms with E-state index in [0.29, 0.717) is 30.3 Å². The summed E-state index contributed by atoms with van der Waals surface area (Å²) in [6.45, 7) is 3.73. The predicted molar refractivity (Wildman–Crippen MR) is 99.1 cm³/mol. The fraction of sp³-hybridized carbons (Fsp3) is 0.353. The van der Waals surface area contributed by atoms with Gasteiger partial charge in [0.25, 0.3) is 5.91 Å². The summed E-state index contributed by atoms with van der Waals surface area (Å²) in [5.74, 6) is -0.140. The van der Waals surface area contributed by atoms with Gasteiger partial charge in [-0.3, -0.25) is 9.69 Å². The Balaban J connectivity index is 1.57. The van der Waals surface area contributed by atoms with Crippen LogP contribution < -0.4 is 21.3 Å². The first-order valence-corrected chi connectivity index (χ1v) is 9.06. The van der Waals surface area contributed by atoms with E-state index in [4.69, 9.17) is 5.73 Å². The van der Waals surface area contributed by atoms with Crippen LogP contribution in [0.4, 0.5) is 15.6 Å². The van der Waals surface area contributed by atoms with Crippen molar-refractivity contribution >= 4 is 34.1 Å². The Morgan fingerprint density at radius 1 is 1.48 bits per heavy atom. The number of amides is 3. The first kappa shape index (κ1) is 17.2. The molecular weight excluding hydrogens is 338 g/mol. The Labute approximate surface area is 150 Å². The number of nitrogen functional groups attached to an aromatic ring is 1. The summed E-state index contributed by atoms with van der Waals surface area (Å²) in [4.78, 5) is 30.1. The van der Waals surface area contributed by atoms with Crippen LogP contribution in [0.25, 0.3) is 0 Å². The summed E-state index contributed by atoms with van der Waals surface area (Å²) in [6.07, 6.45) is 1.57. The number of hydrogen-bond acceptors (Lipinski definition) is 5. The molecule has 25 heavy (non-hydrogen) atoms. The molecule has 1 aromatic carbocycles. The maximum absolute atomic E-state index is 12.4. The molecule has 3 amide bonds. The van der Waals surface area contributed by atoms with Gasteiger partial charge in [-0.15, -0.1) is 11.3 Å². The minimum Gasteiger partial charge on any atom is -0.375 e. The molecule has 132 valence electrons. The summed E-state index contributed by atoms with van der Waals surface area (Å²) in [5.41, 5.74) is 8.85. The van der Waals surface area contributed by atoms with Gasteiger partial charge in [-0.25, -0.2) is 9.78 Å². The zero-order chi connectivity index (χ0) is 17.8. The zero-order valence-corrected chi connectivity index (χ0v) is 14.9. The van der Waals surface area contributed by atoms with E-state index in [1.165, 1.54) is 11.3 Å². The van der Waals surface area contributed by atoms with E-state index < -0.39 is 0 Å². The molecule has 0 atom stereocenters. The molecule has 7 nitrogen and oxygen atoms in total. The van der Waals surface area contributed by atoms with Gasteiger partial charge in [-0.05, 0) is 37.5 Å². The van der Waals surface area contributed by atoms with Crippen molar-refractivity contribution in [1.29, 1.82) is 0 Å². The number of urea groups is 1. The van der Waals surface area contributed by atoms with Gasteiger partial charge in [0.2, 0.25) is 0 Å². The van der Waals surface area contributed by atoms with Crippen molar-refractivity contribution in [3.8, 4) is 0 Å². The van der Waals surface area contributed by atoms with Crippen LogP contribution in [-0.2, 0) is 6.42 Å². The van der Waals surface area contributed by atoms with Crippen molar-refractivity contribution in [2.75, 3.05) is 30.3 Å². The molecule has 1 aliphatic rings. The molecule has 1 aliphatic heterocycles. The number of nitrogens with zero attached hydrogens (tertiary/aromatic N) is 2. The normalized spacial score (nSPS) is 13.8. The van der Waals surface area contributed by atoms with Gasteiger partial charge in [0, 0.05) is 36.3 Å². The molecular formula is C17H21N5O2S. The van der Waals surface area contributed by atoms with Gasteiger partial charge in [0.15, 0.2) is 5.13 Å². The van der Waals surface area contributed by atoms with Crippen molar-refractivity contribution in [3.63, 3.8) is 0 Å². The van der Waals surface area contributed by atoms with Gasteiger partial charge in [0.05, 0.1) is 5.69 Å². The number of nitrogens with two attached hydrogens (primary N) is 1. The Kier molecular flexibility index (Phi) is 5.18. The minimum absolute atomic E-state index is 0.122. The second-order valence-corrected chi connectivity index (χ2v) is 6.81. The summed E-state index contributed by atoms with van der Waals surface area (Å²) in [6, 6.07) is 5.30. The van der Waals surface area contributed by atoms with Crippen molar-refractivity contribution in [2.45, 2.75) is 19.8 Å². The molecule has 0 spiro atoms. The number of carbonyl (C=O) groups excluding carboxylic acids is 2. The first-order valence-electron chi connectivity index (χ1n) is 8.18. The van der Waals surface area contributed by atoms with Crippen molar-refractivity contribution in [3.05, 3.63) is 40.4 Å². The minimum atomic E-state index is -0.140. The molecule has 8 heteroatoms. The van der Waals surface area contributed by atoms with Crippen LogP contribution in [0.15, 0.2) is 23.6 Å². The number of aromatic nitrogens is 1. The third-order valence-corrected chi connectivity index (χ3v) is 4.81. The third-order valence-electron chi connectivity index (χ3n) is 4.08. The largest absolute Gasteiger partial charge is 0.375 e. The van der Waals surface area contributed by atoms with E-state index in [1.807, 2.05) is 18.4 Å². The highest BCUT2D eigenvalue weighted by atomic mass is 32.1. The highest BCUT2D eigenvalue weighted by Crippen LogP contribution is 2.23. The highest BCUT2D eigenvalue weighted by molar-refractivity contribution is 7.13. The molecule has 1 aromatic heterocycles. The van der Waals surface area contributed by atoms with Gasteiger partial charge in [0.1, 0.15) is 0 Å². The molecule has 0 radical (unpaired) electrons. The lowest BCUT2D eigenvalue weighted by molar-refractivity contribution is 0.0953. The molecule has 0 bridgehead atoms. The number of hydrogen-bond donors (Lipinski definition) is 3. The molecule has 0 aliphatic carbocycles. The standard InChI is InChI=1S/C17H21N5O2S/c1-11-4-5-12(9-14(11)22-8-7-20-17(22)24)15(23)19-6-2-3-13-10-25-16(18)21-13/h4-5,9-10H,2-3,6-8H2,1H3,(H2,18,21)(H,19,23)(H,20,24). The Morgan fingerprint density at radius 2 is 2.32 bits per heavy atom. The number of thiazole rings is 1. The molecule has 2 heterocycles. The van der Waals surface area contributed by atoms with Crippen LogP contribution in [0.5, 0.6) is 0 Å². The topological polar surface area (TPSA) is 100 Å². The lowest BCUT2D eigenvalue weighted by Gasteiger charge is -2.18. The lowest BCUT2D eigenvalue weighted by atomic mass is 10.1. The van der Waals surface area contributed by atoms with E-state index in [1.54, 1.807) is 17.0 Å². The number of rotatable bonds is 6.